The second kappa shape index (κ2) is 6.53. The number of anilines is 1. The largest absolute Gasteiger partial charge is 0.368 e. The van der Waals surface area contributed by atoms with Crippen LogP contribution >= 0.6 is 0 Å². The van der Waals surface area contributed by atoms with E-state index < -0.39 is 4.92 Å². The van der Waals surface area contributed by atoms with Gasteiger partial charge < -0.3 is 14.8 Å². The quantitative estimate of drug-likeness (QED) is 0.675. The Kier molecular flexibility index (Phi) is 4.28. The minimum atomic E-state index is -0.426. The van der Waals surface area contributed by atoms with E-state index in [2.05, 4.69) is 9.88 Å². The van der Waals surface area contributed by atoms with Gasteiger partial charge in [-0.15, -0.1) is 0 Å². The van der Waals surface area contributed by atoms with Gasteiger partial charge in [0.15, 0.2) is 0 Å². The third-order valence-corrected chi connectivity index (χ3v) is 4.02. The highest BCUT2D eigenvalue weighted by molar-refractivity contribution is 5.94. The molecule has 1 amide bonds. The molecule has 0 spiro atoms. The van der Waals surface area contributed by atoms with Gasteiger partial charge in [0.05, 0.1) is 10.5 Å². The highest BCUT2D eigenvalue weighted by atomic mass is 16.6. The summed E-state index contributed by atoms with van der Waals surface area (Å²) < 4.78 is 0. The van der Waals surface area contributed by atoms with Crippen LogP contribution in [0.2, 0.25) is 0 Å². The fourth-order valence-electron chi connectivity index (χ4n) is 2.68. The van der Waals surface area contributed by atoms with Crippen LogP contribution in [0.25, 0.3) is 0 Å². The zero-order valence-electron chi connectivity index (χ0n) is 12.8. The molecule has 8 nitrogen and oxygen atoms in total. The number of aromatic nitrogens is 1. The summed E-state index contributed by atoms with van der Waals surface area (Å²) in [6.45, 7) is 2.39. The Balaban J connectivity index is 1.63. The number of rotatable bonds is 3. The van der Waals surface area contributed by atoms with E-state index in [1.54, 1.807) is 17.0 Å². The van der Waals surface area contributed by atoms with Gasteiger partial charge in [0, 0.05) is 56.3 Å². The second-order valence-electron chi connectivity index (χ2n) is 5.49. The maximum atomic E-state index is 12.4. The number of carbonyl (C=O) groups excluding carboxylic acids is 1. The van der Waals surface area contributed by atoms with Crippen molar-refractivity contribution < 1.29 is 9.72 Å². The zero-order valence-corrected chi connectivity index (χ0v) is 12.8. The Bertz CT molecular complexity index is 787. The summed E-state index contributed by atoms with van der Waals surface area (Å²) in [5, 5.41) is 10.7. The average molecular weight is 328 g/mol. The molecule has 1 aliphatic heterocycles. The van der Waals surface area contributed by atoms with E-state index in [0.717, 1.165) is 5.69 Å². The molecule has 0 bridgehead atoms. The lowest BCUT2D eigenvalue weighted by Crippen LogP contribution is -2.48. The molecule has 2 heterocycles. The number of nitrogens with zero attached hydrogens (tertiary/aromatic N) is 3. The lowest BCUT2D eigenvalue weighted by molar-refractivity contribution is -0.384. The van der Waals surface area contributed by atoms with Crippen molar-refractivity contribution in [2.75, 3.05) is 31.1 Å². The molecule has 1 aromatic heterocycles. The molecule has 8 heteroatoms. The van der Waals surface area contributed by atoms with Gasteiger partial charge in [0.2, 0.25) is 5.56 Å². The number of benzene rings is 1. The van der Waals surface area contributed by atoms with Crippen LogP contribution in [0.3, 0.4) is 0 Å². The zero-order chi connectivity index (χ0) is 17.1. The van der Waals surface area contributed by atoms with Crippen LogP contribution < -0.4 is 10.5 Å². The monoisotopic (exact) mass is 328 g/mol. The minimum absolute atomic E-state index is 0.0608. The molecule has 124 valence electrons. The first-order chi connectivity index (χ1) is 11.5. The van der Waals surface area contributed by atoms with Gasteiger partial charge in [-0.3, -0.25) is 19.7 Å². The van der Waals surface area contributed by atoms with E-state index in [9.17, 15) is 19.7 Å². The van der Waals surface area contributed by atoms with Crippen molar-refractivity contribution in [2.24, 2.45) is 0 Å². The molecule has 0 radical (unpaired) electrons. The molecule has 24 heavy (non-hydrogen) atoms. The number of non-ortho nitro benzene ring substituents is 1. The average Bonchev–Trinajstić information content (AvgIpc) is 2.62. The fourth-order valence-corrected chi connectivity index (χ4v) is 2.68. The maximum absolute atomic E-state index is 12.4. The van der Waals surface area contributed by atoms with Crippen LogP contribution in [-0.2, 0) is 0 Å². The molecule has 1 aliphatic rings. The highest BCUT2D eigenvalue weighted by Crippen LogP contribution is 2.21. The number of piperazine rings is 1. The van der Waals surface area contributed by atoms with Gasteiger partial charge in [-0.1, -0.05) is 0 Å². The van der Waals surface area contributed by atoms with Gasteiger partial charge in [-0.25, -0.2) is 0 Å². The molecule has 2 aromatic rings. The molecule has 1 N–H and O–H groups in total. The van der Waals surface area contributed by atoms with E-state index in [1.165, 1.54) is 30.5 Å². The van der Waals surface area contributed by atoms with Gasteiger partial charge in [0.1, 0.15) is 0 Å². The number of aromatic amines is 1. The van der Waals surface area contributed by atoms with Crippen LogP contribution in [0.1, 0.15) is 10.4 Å². The van der Waals surface area contributed by atoms with Crippen LogP contribution in [0.5, 0.6) is 0 Å². The van der Waals surface area contributed by atoms with E-state index in [4.69, 9.17) is 0 Å². The number of amides is 1. The summed E-state index contributed by atoms with van der Waals surface area (Å²) in [4.78, 5) is 40.0. The molecular weight excluding hydrogens is 312 g/mol. The number of H-pyrrole nitrogens is 1. The Morgan fingerprint density at radius 1 is 1.04 bits per heavy atom. The van der Waals surface area contributed by atoms with Gasteiger partial charge in [-0.2, -0.15) is 0 Å². The summed E-state index contributed by atoms with van der Waals surface area (Å²) in [6, 6.07) is 9.25. The van der Waals surface area contributed by atoms with Gasteiger partial charge in [-0.05, 0) is 18.2 Å². The van der Waals surface area contributed by atoms with Crippen molar-refractivity contribution in [3.8, 4) is 0 Å². The van der Waals surface area contributed by atoms with Crippen LogP contribution in [0, 0.1) is 10.1 Å². The first-order valence-corrected chi connectivity index (χ1v) is 7.52. The summed E-state index contributed by atoms with van der Waals surface area (Å²) in [7, 11) is 0. The Morgan fingerprint density at radius 2 is 1.71 bits per heavy atom. The predicted molar refractivity (Wildman–Crippen MR) is 88.3 cm³/mol. The number of hydrogen-bond acceptors (Lipinski definition) is 5. The number of carbonyl (C=O) groups is 1. The number of pyridine rings is 1. The molecule has 0 unspecified atom stereocenters. The predicted octanol–water partition coefficient (Wildman–Crippen LogP) is 1.25. The lowest BCUT2D eigenvalue weighted by atomic mass is 10.2. The molecule has 1 aromatic carbocycles. The normalized spacial score (nSPS) is 14.5. The van der Waals surface area contributed by atoms with Crippen molar-refractivity contribution in [3.63, 3.8) is 0 Å². The SMILES string of the molecule is O=C(c1ccc(=O)[nH]c1)N1CCN(c2ccc([N+](=O)[O-])cc2)CC1. The first kappa shape index (κ1) is 15.7. The number of nitro benzene ring substituents is 1. The summed E-state index contributed by atoms with van der Waals surface area (Å²) in [6.07, 6.45) is 1.42. The van der Waals surface area contributed by atoms with Crippen molar-refractivity contribution in [1.82, 2.24) is 9.88 Å². The van der Waals surface area contributed by atoms with E-state index in [-0.39, 0.29) is 17.2 Å². The number of hydrogen-bond donors (Lipinski definition) is 1. The molecule has 0 aliphatic carbocycles. The Labute approximate surface area is 137 Å². The molecule has 0 atom stereocenters. The lowest BCUT2D eigenvalue weighted by Gasteiger charge is -2.36. The summed E-state index contributed by atoms with van der Waals surface area (Å²) in [5.74, 6) is -0.116. The maximum Gasteiger partial charge on any atom is 0.269 e. The smallest absolute Gasteiger partial charge is 0.269 e. The summed E-state index contributed by atoms with van der Waals surface area (Å²) in [5.41, 5.74) is 1.18. The third-order valence-electron chi connectivity index (χ3n) is 4.02. The van der Waals surface area contributed by atoms with Crippen molar-refractivity contribution >= 4 is 17.3 Å². The van der Waals surface area contributed by atoms with Crippen molar-refractivity contribution in [1.29, 1.82) is 0 Å². The molecular formula is C16H16N4O4. The Morgan fingerprint density at radius 3 is 2.25 bits per heavy atom. The van der Waals surface area contributed by atoms with E-state index in [1.807, 2.05) is 0 Å². The minimum Gasteiger partial charge on any atom is -0.368 e. The third kappa shape index (κ3) is 3.27. The van der Waals surface area contributed by atoms with Crippen LogP contribution in [0.4, 0.5) is 11.4 Å². The van der Waals surface area contributed by atoms with Crippen molar-refractivity contribution in [3.05, 3.63) is 68.6 Å². The topological polar surface area (TPSA) is 99.6 Å². The number of nitrogens with one attached hydrogen (secondary N) is 1. The standard InChI is InChI=1S/C16H16N4O4/c21-15-6-1-12(11-17-15)16(22)19-9-7-18(8-10-19)13-2-4-14(5-3-13)20(23)24/h1-6,11H,7-10H2,(H,17,21). The van der Waals surface area contributed by atoms with Crippen LogP contribution in [-0.4, -0.2) is 46.9 Å². The Hall–Kier alpha value is -3.16. The van der Waals surface area contributed by atoms with E-state index in [0.29, 0.717) is 31.7 Å². The molecule has 1 fully saturated rings. The van der Waals surface area contributed by atoms with Gasteiger partial charge in [0.25, 0.3) is 11.6 Å². The van der Waals surface area contributed by atoms with Crippen molar-refractivity contribution in [2.45, 2.75) is 0 Å². The van der Waals surface area contributed by atoms with Crippen LogP contribution in [0.15, 0.2) is 47.4 Å². The van der Waals surface area contributed by atoms with E-state index >= 15 is 0 Å². The molecule has 3 rings (SSSR count). The van der Waals surface area contributed by atoms with Gasteiger partial charge >= 0.3 is 0 Å². The second-order valence-corrected chi connectivity index (χ2v) is 5.49. The first-order valence-electron chi connectivity index (χ1n) is 7.52. The number of nitro groups is 1. The summed E-state index contributed by atoms with van der Waals surface area (Å²) >= 11 is 0. The molecule has 1 saturated heterocycles. The fraction of sp³-hybridized carbons (Fsp3) is 0.250. The molecule has 0 saturated carbocycles. The highest BCUT2D eigenvalue weighted by Gasteiger charge is 2.22.